The summed E-state index contributed by atoms with van der Waals surface area (Å²) >= 11 is 0. The van der Waals surface area contributed by atoms with E-state index in [-0.39, 0.29) is 0 Å². The van der Waals surface area contributed by atoms with Gasteiger partial charge in [-0.25, -0.2) is 0 Å². The number of aryl methyl sites for hydroxylation is 1. The Balaban J connectivity index is 1.99. The maximum Gasteiger partial charge on any atom is 0.00957 e. The molecule has 0 saturated heterocycles. The molecule has 0 radical (unpaired) electrons. The molecule has 1 aromatic rings. The lowest BCUT2D eigenvalue weighted by Gasteiger charge is -2.36. The van der Waals surface area contributed by atoms with Crippen LogP contribution >= 0.6 is 0 Å². The number of nitrogens with one attached hydrogen (secondary N) is 1. The van der Waals surface area contributed by atoms with Crippen LogP contribution < -0.4 is 5.32 Å². The number of hydrogen-bond acceptors (Lipinski definition) is 1. The highest BCUT2D eigenvalue weighted by Gasteiger charge is 2.29. The second-order valence-corrected chi connectivity index (χ2v) is 6.50. The molecule has 0 heterocycles. The lowest BCUT2D eigenvalue weighted by Crippen LogP contribution is -2.39. The molecule has 3 atom stereocenters. The van der Waals surface area contributed by atoms with Crippen LogP contribution in [0.2, 0.25) is 0 Å². The van der Waals surface area contributed by atoms with E-state index in [0.29, 0.717) is 6.04 Å². The predicted octanol–water partition coefficient (Wildman–Crippen LogP) is 4.60. The molecular weight excluding hydrogens is 242 g/mol. The van der Waals surface area contributed by atoms with E-state index in [0.717, 1.165) is 18.3 Å². The van der Waals surface area contributed by atoms with Crippen molar-refractivity contribution in [2.45, 2.75) is 64.8 Å². The number of hydrogen-bond donors (Lipinski definition) is 1. The third kappa shape index (κ3) is 4.09. The van der Waals surface area contributed by atoms with E-state index in [9.17, 15) is 0 Å². The van der Waals surface area contributed by atoms with Gasteiger partial charge < -0.3 is 5.32 Å². The standard InChI is InChI=1S/C19H31N/c1-4-6-16-11-12-19(20-3)18(13-16)14-17-9-7-15(5-2)8-10-17/h7-10,16,18-20H,4-6,11-14H2,1-3H3. The maximum atomic E-state index is 3.56. The summed E-state index contributed by atoms with van der Waals surface area (Å²) < 4.78 is 0. The molecule has 1 nitrogen and oxygen atoms in total. The highest BCUT2D eigenvalue weighted by Crippen LogP contribution is 2.34. The molecule has 2 rings (SSSR count). The van der Waals surface area contributed by atoms with Gasteiger partial charge in [-0.15, -0.1) is 0 Å². The minimum atomic E-state index is 0.717. The van der Waals surface area contributed by atoms with Gasteiger partial charge in [-0.3, -0.25) is 0 Å². The average Bonchev–Trinajstić information content (AvgIpc) is 2.49. The van der Waals surface area contributed by atoms with E-state index in [2.05, 4.69) is 50.5 Å². The van der Waals surface area contributed by atoms with Gasteiger partial charge in [0, 0.05) is 6.04 Å². The zero-order valence-electron chi connectivity index (χ0n) is 13.5. The Kier molecular flexibility index (Phi) is 6.09. The fourth-order valence-electron chi connectivity index (χ4n) is 3.85. The van der Waals surface area contributed by atoms with Gasteiger partial charge >= 0.3 is 0 Å². The predicted molar refractivity (Wildman–Crippen MR) is 88.1 cm³/mol. The molecule has 1 aliphatic carbocycles. The van der Waals surface area contributed by atoms with Crippen molar-refractivity contribution < 1.29 is 0 Å². The fourth-order valence-corrected chi connectivity index (χ4v) is 3.85. The molecule has 1 aromatic carbocycles. The molecule has 112 valence electrons. The minimum Gasteiger partial charge on any atom is -0.317 e. The van der Waals surface area contributed by atoms with E-state index >= 15 is 0 Å². The van der Waals surface area contributed by atoms with Gasteiger partial charge in [-0.2, -0.15) is 0 Å². The topological polar surface area (TPSA) is 12.0 Å². The van der Waals surface area contributed by atoms with Crippen LogP contribution in [0.5, 0.6) is 0 Å². The maximum absolute atomic E-state index is 3.56. The largest absolute Gasteiger partial charge is 0.317 e. The highest BCUT2D eigenvalue weighted by molar-refractivity contribution is 5.23. The van der Waals surface area contributed by atoms with Crippen LogP contribution in [-0.2, 0) is 12.8 Å². The SMILES string of the molecule is CCCC1CCC(NC)C(Cc2ccc(CC)cc2)C1. The van der Waals surface area contributed by atoms with Gasteiger partial charge in [-0.1, -0.05) is 51.0 Å². The molecule has 20 heavy (non-hydrogen) atoms. The van der Waals surface area contributed by atoms with Crippen molar-refractivity contribution in [1.29, 1.82) is 0 Å². The normalized spacial score (nSPS) is 26.6. The Morgan fingerprint density at radius 2 is 1.75 bits per heavy atom. The molecule has 1 N–H and O–H groups in total. The van der Waals surface area contributed by atoms with E-state index in [1.807, 2.05) is 0 Å². The zero-order valence-corrected chi connectivity index (χ0v) is 13.5. The third-order valence-electron chi connectivity index (χ3n) is 5.09. The average molecular weight is 273 g/mol. The molecule has 0 aromatic heterocycles. The van der Waals surface area contributed by atoms with Crippen LogP contribution in [0.15, 0.2) is 24.3 Å². The quantitative estimate of drug-likeness (QED) is 0.799. The Morgan fingerprint density at radius 3 is 2.35 bits per heavy atom. The fraction of sp³-hybridized carbons (Fsp3) is 0.684. The molecule has 1 aliphatic rings. The Hall–Kier alpha value is -0.820. The second kappa shape index (κ2) is 7.83. The summed E-state index contributed by atoms with van der Waals surface area (Å²) in [5.41, 5.74) is 2.97. The summed E-state index contributed by atoms with van der Waals surface area (Å²) in [5.74, 6) is 1.78. The first kappa shape index (κ1) is 15.6. The van der Waals surface area contributed by atoms with E-state index in [1.165, 1.54) is 49.7 Å². The Bertz CT molecular complexity index is 381. The Labute approximate surface area is 125 Å². The molecular formula is C19H31N. The molecule has 1 heteroatoms. The lowest BCUT2D eigenvalue weighted by molar-refractivity contribution is 0.200. The van der Waals surface area contributed by atoms with Crippen molar-refractivity contribution >= 4 is 0 Å². The lowest BCUT2D eigenvalue weighted by atomic mass is 9.74. The third-order valence-corrected chi connectivity index (χ3v) is 5.09. The van der Waals surface area contributed by atoms with Gasteiger partial charge in [-0.05, 0) is 62.1 Å². The second-order valence-electron chi connectivity index (χ2n) is 6.50. The summed E-state index contributed by atoms with van der Waals surface area (Å²) in [7, 11) is 2.14. The summed E-state index contributed by atoms with van der Waals surface area (Å²) in [6, 6.07) is 10.0. The van der Waals surface area contributed by atoms with Crippen LogP contribution in [0.25, 0.3) is 0 Å². The van der Waals surface area contributed by atoms with Crippen molar-refractivity contribution in [1.82, 2.24) is 5.32 Å². The highest BCUT2D eigenvalue weighted by atomic mass is 14.9. The van der Waals surface area contributed by atoms with Crippen molar-refractivity contribution in [3.63, 3.8) is 0 Å². The molecule has 0 bridgehead atoms. The smallest absolute Gasteiger partial charge is 0.00957 e. The van der Waals surface area contributed by atoms with Crippen molar-refractivity contribution in [2.75, 3.05) is 7.05 Å². The molecule has 1 saturated carbocycles. The van der Waals surface area contributed by atoms with Crippen molar-refractivity contribution in [3.8, 4) is 0 Å². The minimum absolute atomic E-state index is 0.717. The van der Waals surface area contributed by atoms with Crippen LogP contribution in [0.3, 0.4) is 0 Å². The summed E-state index contributed by atoms with van der Waals surface area (Å²) in [5, 5.41) is 3.56. The van der Waals surface area contributed by atoms with E-state index < -0.39 is 0 Å². The van der Waals surface area contributed by atoms with Gasteiger partial charge in [0.05, 0.1) is 0 Å². The summed E-state index contributed by atoms with van der Waals surface area (Å²) in [6.45, 7) is 4.55. The summed E-state index contributed by atoms with van der Waals surface area (Å²) in [4.78, 5) is 0. The summed E-state index contributed by atoms with van der Waals surface area (Å²) in [6.07, 6.45) is 9.34. The first-order valence-corrected chi connectivity index (χ1v) is 8.51. The number of rotatable bonds is 6. The monoisotopic (exact) mass is 273 g/mol. The Morgan fingerprint density at radius 1 is 1.05 bits per heavy atom. The van der Waals surface area contributed by atoms with Crippen LogP contribution in [0, 0.1) is 11.8 Å². The zero-order chi connectivity index (χ0) is 14.4. The van der Waals surface area contributed by atoms with Gasteiger partial charge in [0.1, 0.15) is 0 Å². The van der Waals surface area contributed by atoms with Gasteiger partial charge in [0.2, 0.25) is 0 Å². The number of benzene rings is 1. The van der Waals surface area contributed by atoms with E-state index in [4.69, 9.17) is 0 Å². The van der Waals surface area contributed by atoms with Crippen LogP contribution in [0.4, 0.5) is 0 Å². The van der Waals surface area contributed by atoms with Crippen molar-refractivity contribution in [2.24, 2.45) is 11.8 Å². The molecule has 0 amide bonds. The first-order chi connectivity index (χ1) is 9.76. The van der Waals surface area contributed by atoms with Crippen LogP contribution in [-0.4, -0.2) is 13.1 Å². The van der Waals surface area contributed by atoms with Crippen LogP contribution in [0.1, 0.15) is 57.1 Å². The molecule has 1 fully saturated rings. The molecule has 3 unspecified atom stereocenters. The van der Waals surface area contributed by atoms with Gasteiger partial charge in [0.15, 0.2) is 0 Å². The van der Waals surface area contributed by atoms with Gasteiger partial charge in [0.25, 0.3) is 0 Å². The molecule has 0 aliphatic heterocycles. The van der Waals surface area contributed by atoms with E-state index in [1.54, 1.807) is 0 Å². The van der Waals surface area contributed by atoms with Crippen molar-refractivity contribution in [3.05, 3.63) is 35.4 Å². The molecule has 0 spiro atoms. The first-order valence-electron chi connectivity index (χ1n) is 8.51.